The molecule has 0 atom stereocenters. The molecule has 0 saturated carbocycles. The van der Waals surface area contributed by atoms with Crippen molar-refractivity contribution in [2.24, 2.45) is 0 Å². The Kier molecular flexibility index (Phi) is 5.48. The molecule has 0 aliphatic rings. The van der Waals surface area contributed by atoms with Crippen molar-refractivity contribution in [1.82, 2.24) is 9.55 Å². The van der Waals surface area contributed by atoms with E-state index < -0.39 is 29.0 Å². The second-order valence-electron chi connectivity index (χ2n) is 7.31. The molecule has 1 heterocycles. The van der Waals surface area contributed by atoms with Crippen LogP contribution in [0.2, 0.25) is 5.02 Å². The van der Waals surface area contributed by atoms with Gasteiger partial charge in [-0.2, -0.15) is 26.3 Å². The summed E-state index contributed by atoms with van der Waals surface area (Å²) < 4.78 is 80.6. The first-order valence-corrected chi connectivity index (χ1v) is 9.81. The molecule has 0 saturated heterocycles. The summed E-state index contributed by atoms with van der Waals surface area (Å²) in [7, 11) is 0. The van der Waals surface area contributed by atoms with Gasteiger partial charge in [0.15, 0.2) is 0 Å². The molecule has 4 aromatic rings. The lowest BCUT2D eigenvalue weighted by Crippen LogP contribution is -2.22. The Balaban J connectivity index is 1.91. The summed E-state index contributed by atoms with van der Waals surface area (Å²) in [5.74, 6) is 0.270. The van der Waals surface area contributed by atoms with E-state index in [0.29, 0.717) is 22.8 Å². The van der Waals surface area contributed by atoms with E-state index in [1.54, 1.807) is 31.2 Å². The SMILES string of the molecule is Cc1nc2cc(-c3cc(C(F)(F)F)cc(C(F)(F)F)c3)ccc2c(=O)n1-c1cccc(Cl)c1. The minimum atomic E-state index is -4.97. The molecule has 1 aromatic heterocycles. The predicted octanol–water partition coefficient (Wildman–Crippen LogP) is 7.05. The van der Waals surface area contributed by atoms with Gasteiger partial charge in [0.2, 0.25) is 0 Å². The van der Waals surface area contributed by atoms with Crippen molar-refractivity contribution in [2.45, 2.75) is 19.3 Å². The standard InChI is InChI=1S/C23H13ClF6N2O/c1-12-31-20-9-13(14-7-15(22(25,26)27)10-16(8-14)23(28,29)30)5-6-19(20)21(33)32(12)18-4-2-3-17(24)11-18/h2-11H,1H3. The van der Waals surface area contributed by atoms with Gasteiger partial charge < -0.3 is 0 Å². The van der Waals surface area contributed by atoms with Crippen molar-refractivity contribution in [3.63, 3.8) is 0 Å². The van der Waals surface area contributed by atoms with Gasteiger partial charge in [-0.25, -0.2) is 4.98 Å². The first-order chi connectivity index (χ1) is 15.3. The predicted molar refractivity (Wildman–Crippen MR) is 113 cm³/mol. The minimum absolute atomic E-state index is 0.0610. The second-order valence-corrected chi connectivity index (χ2v) is 7.74. The first-order valence-electron chi connectivity index (χ1n) is 9.44. The fourth-order valence-electron chi connectivity index (χ4n) is 3.52. The highest BCUT2D eigenvalue weighted by Gasteiger charge is 2.37. The molecule has 4 rings (SSSR count). The van der Waals surface area contributed by atoms with E-state index in [4.69, 9.17) is 11.6 Å². The number of benzene rings is 3. The third-order valence-corrected chi connectivity index (χ3v) is 5.26. The molecule has 10 heteroatoms. The minimum Gasteiger partial charge on any atom is -0.268 e. The highest BCUT2D eigenvalue weighted by Crippen LogP contribution is 2.39. The third-order valence-electron chi connectivity index (χ3n) is 5.02. The van der Waals surface area contributed by atoms with E-state index in [1.165, 1.54) is 22.8 Å². The van der Waals surface area contributed by atoms with Crippen LogP contribution in [0.25, 0.3) is 27.7 Å². The number of halogens is 7. The van der Waals surface area contributed by atoms with Crippen LogP contribution in [-0.4, -0.2) is 9.55 Å². The quantitative estimate of drug-likeness (QED) is 0.287. The van der Waals surface area contributed by atoms with Gasteiger partial charge in [0.25, 0.3) is 5.56 Å². The van der Waals surface area contributed by atoms with Crippen LogP contribution in [0.1, 0.15) is 17.0 Å². The van der Waals surface area contributed by atoms with Crippen LogP contribution in [0.4, 0.5) is 26.3 Å². The normalized spacial score (nSPS) is 12.4. The Morgan fingerprint density at radius 1 is 0.818 bits per heavy atom. The van der Waals surface area contributed by atoms with E-state index in [1.807, 2.05) is 0 Å². The maximum absolute atomic E-state index is 13.2. The Hall–Kier alpha value is -3.33. The molecule has 33 heavy (non-hydrogen) atoms. The number of alkyl halides is 6. The maximum atomic E-state index is 13.2. The van der Waals surface area contributed by atoms with Crippen LogP contribution in [0, 0.1) is 6.92 Å². The monoisotopic (exact) mass is 482 g/mol. The summed E-state index contributed by atoms with van der Waals surface area (Å²) in [6.07, 6.45) is -9.93. The Morgan fingerprint density at radius 3 is 2.03 bits per heavy atom. The number of rotatable bonds is 2. The van der Waals surface area contributed by atoms with Crippen LogP contribution in [0.5, 0.6) is 0 Å². The lowest BCUT2D eigenvalue weighted by Gasteiger charge is -2.15. The van der Waals surface area contributed by atoms with E-state index in [0.717, 1.165) is 0 Å². The summed E-state index contributed by atoms with van der Waals surface area (Å²) in [5, 5.41) is 0.548. The first kappa shape index (κ1) is 22.8. The zero-order chi connectivity index (χ0) is 24.1. The Morgan fingerprint density at radius 2 is 1.45 bits per heavy atom. The third kappa shape index (κ3) is 4.45. The molecular weight excluding hydrogens is 470 g/mol. The zero-order valence-electron chi connectivity index (χ0n) is 16.7. The number of hydrogen-bond acceptors (Lipinski definition) is 2. The summed E-state index contributed by atoms with van der Waals surface area (Å²) in [6.45, 7) is 1.56. The van der Waals surface area contributed by atoms with Gasteiger partial charge in [-0.15, -0.1) is 0 Å². The lowest BCUT2D eigenvalue weighted by atomic mass is 9.98. The van der Waals surface area contributed by atoms with Crippen molar-refractivity contribution in [3.05, 3.63) is 93.0 Å². The molecule has 170 valence electrons. The summed E-state index contributed by atoms with van der Waals surface area (Å²) >= 11 is 6.00. The fourth-order valence-corrected chi connectivity index (χ4v) is 3.70. The molecule has 0 radical (unpaired) electrons. The number of fused-ring (bicyclic) bond motifs is 1. The summed E-state index contributed by atoms with van der Waals surface area (Å²) in [6, 6.07) is 11.8. The van der Waals surface area contributed by atoms with Crippen LogP contribution < -0.4 is 5.56 Å². The van der Waals surface area contributed by atoms with E-state index in [2.05, 4.69) is 4.98 Å². The fraction of sp³-hybridized carbons (Fsp3) is 0.130. The molecular formula is C23H13ClF6N2O. The Labute approximate surface area is 187 Å². The summed E-state index contributed by atoms with van der Waals surface area (Å²) in [4.78, 5) is 17.4. The second kappa shape index (κ2) is 7.91. The van der Waals surface area contributed by atoms with Gasteiger partial charge in [0.05, 0.1) is 27.7 Å². The van der Waals surface area contributed by atoms with E-state index in [-0.39, 0.29) is 33.9 Å². The average Bonchev–Trinajstić information content (AvgIpc) is 2.72. The molecule has 0 amide bonds. The van der Waals surface area contributed by atoms with Crippen molar-refractivity contribution in [2.75, 3.05) is 0 Å². The van der Waals surface area contributed by atoms with Crippen LogP contribution >= 0.6 is 11.6 Å². The molecule has 0 N–H and O–H groups in total. The van der Waals surface area contributed by atoms with Crippen molar-refractivity contribution >= 4 is 22.5 Å². The zero-order valence-corrected chi connectivity index (χ0v) is 17.5. The molecule has 0 unspecified atom stereocenters. The number of hydrogen-bond donors (Lipinski definition) is 0. The molecule has 3 nitrogen and oxygen atoms in total. The van der Waals surface area contributed by atoms with Gasteiger partial charge in [0.1, 0.15) is 5.82 Å². The lowest BCUT2D eigenvalue weighted by molar-refractivity contribution is -0.143. The van der Waals surface area contributed by atoms with Gasteiger partial charge in [-0.1, -0.05) is 23.7 Å². The molecule has 0 aliphatic carbocycles. The van der Waals surface area contributed by atoms with Crippen molar-refractivity contribution < 1.29 is 26.3 Å². The van der Waals surface area contributed by atoms with E-state index >= 15 is 0 Å². The van der Waals surface area contributed by atoms with Gasteiger partial charge in [-0.3, -0.25) is 9.36 Å². The number of nitrogens with zero attached hydrogens (tertiary/aromatic N) is 2. The van der Waals surface area contributed by atoms with Crippen molar-refractivity contribution in [1.29, 1.82) is 0 Å². The summed E-state index contributed by atoms with van der Waals surface area (Å²) in [5.41, 5.74) is -2.92. The van der Waals surface area contributed by atoms with Crippen LogP contribution in [0.3, 0.4) is 0 Å². The largest absolute Gasteiger partial charge is 0.416 e. The average molecular weight is 483 g/mol. The van der Waals surface area contributed by atoms with E-state index in [9.17, 15) is 31.1 Å². The van der Waals surface area contributed by atoms with Crippen LogP contribution in [-0.2, 0) is 12.4 Å². The molecule has 0 bridgehead atoms. The Bertz CT molecular complexity index is 1410. The smallest absolute Gasteiger partial charge is 0.268 e. The highest BCUT2D eigenvalue weighted by atomic mass is 35.5. The highest BCUT2D eigenvalue weighted by molar-refractivity contribution is 6.30. The topological polar surface area (TPSA) is 34.9 Å². The number of aryl methyl sites for hydroxylation is 1. The molecule has 0 spiro atoms. The van der Waals surface area contributed by atoms with Crippen molar-refractivity contribution in [3.8, 4) is 16.8 Å². The van der Waals surface area contributed by atoms with Crippen LogP contribution in [0.15, 0.2) is 65.5 Å². The number of aromatic nitrogens is 2. The van der Waals surface area contributed by atoms with Gasteiger partial charge >= 0.3 is 12.4 Å². The molecule has 0 aliphatic heterocycles. The van der Waals surface area contributed by atoms with Gasteiger partial charge in [0, 0.05) is 5.02 Å². The molecule has 3 aromatic carbocycles. The maximum Gasteiger partial charge on any atom is 0.416 e. The molecule has 0 fully saturated rings. The van der Waals surface area contributed by atoms with Gasteiger partial charge in [-0.05, 0) is 66.6 Å².